The van der Waals surface area contributed by atoms with Crippen molar-refractivity contribution in [2.24, 2.45) is 0 Å². The second-order valence-electron chi connectivity index (χ2n) is 7.33. The number of alkyl carbamates (subject to hydrolysis) is 1. The van der Waals surface area contributed by atoms with E-state index in [4.69, 9.17) is 4.74 Å². The van der Waals surface area contributed by atoms with E-state index in [0.29, 0.717) is 12.5 Å². The lowest BCUT2D eigenvalue weighted by atomic mass is 10.2. The number of hydrogen-bond donors (Lipinski definition) is 2. The number of carbonyl (C=O) groups excluding carboxylic acids is 1. The van der Waals surface area contributed by atoms with Gasteiger partial charge in [0.2, 0.25) is 5.95 Å². The van der Waals surface area contributed by atoms with Crippen LogP contribution in [-0.2, 0) is 11.3 Å². The summed E-state index contributed by atoms with van der Waals surface area (Å²) in [7, 11) is 0. The molecule has 6 nitrogen and oxygen atoms in total. The predicted octanol–water partition coefficient (Wildman–Crippen LogP) is 4.71. The fourth-order valence-corrected chi connectivity index (χ4v) is 2.61. The Bertz CT molecular complexity index is 947. The van der Waals surface area contributed by atoms with Crippen LogP contribution in [0.2, 0.25) is 0 Å². The molecule has 3 rings (SSSR count). The molecule has 2 N–H and O–H groups in total. The molecular weight excluding hydrogens is 340 g/mol. The normalized spacial score (nSPS) is 11.3. The summed E-state index contributed by atoms with van der Waals surface area (Å²) >= 11 is 0. The Morgan fingerprint density at radius 1 is 1.04 bits per heavy atom. The van der Waals surface area contributed by atoms with Crippen LogP contribution in [0, 0.1) is 6.92 Å². The molecule has 0 bridgehead atoms. The minimum absolute atomic E-state index is 0.404. The SMILES string of the molecule is Cc1nc(Nc2ccc(CNC(=O)OC(C)(C)C)cc2)nc2ccccc12. The van der Waals surface area contributed by atoms with E-state index in [1.165, 1.54) is 0 Å². The van der Waals surface area contributed by atoms with Gasteiger partial charge in [-0.15, -0.1) is 0 Å². The minimum Gasteiger partial charge on any atom is -0.444 e. The maximum absolute atomic E-state index is 11.7. The Kier molecular flexibility index (Phi) is 5.26. The monoisotopic (exact) mass is 364 g/mol. The van der Waals surface area contributed by atoms with Crippen molar-refractivity contribution in [2.75, 3.05) is 5.32 Å². The first-order chi connectivity index (χ1) is 12.8. The number of rotatable bonds is 4. The van der Waals surface area contributed by atoms with Gasteiger partial charge in [-0.1, -0.05) is 30.3 Å². The molecule has 0 saturated carbocycles. The van der Waals surface area contributed by atoms with Gasteiger partial charge in [-0.3, -0.25) is 0 Å². The second-order valence-corrected chi connectivity index (χ2v) is 7.33. The van der Waals surface area contributed by atoms with Gasteiger partial charge >= 0.3 is 6.09 Å². The molecule has 0 saturated heterocycles. The summed E-state index contributed by atoms with van der Waals surface area (Å²) < 4.78 is 5.23. The van der Waals surface area contributed by atoms with Crippen molar-refractivity contribution >= 4 is 28.6 Å². The van der Waals surface area contributed by atoms with E-state index in [1.807, 2.05) is 76.2 Å². The summed E-state index contributed by atoms with van der Waals surface area (Å²) in [5.74, 6) is 0.561. The molecule has 0 spiro atoms. The molecule has 2 aromatic carbocycles. The van der Waals surface area contributed by atoms with Crippen LogP contribution in [0.3, 0.4) is 0 Å². The van der Waals surface area contributed by atoms with Crippen molar-refractivity contribution in [3.63, 3.8) is 0 Å². The van der Waals surface area contributed by atoms with E-state index in [-0.39, 0.29) is 0 Å². The number of para-hydroxylation sites is 1. The fraction of sp³-hybridized carbons (Fsp3) is 0.286. The quantitative estimate of drug-likeness (QED) is 0.701. The molecule has 0 radical (unpaired) electrons. The van der Waals surface area contributed by atoms with Crippen molar-refractivity contribution < 1.29 is 9.53 Å². The van der Waals surface area contributed by atoms with E-state index >= 15 is 0 Å². The summed E-state index contributed by atoms with van der Waals surface area (Å²) in [6.07, 6.45) is -0.426. The summed E-state index contributed by atoms with van der Waals surface area (Å²) in [5, 5.41) is 7.02. The van der Waals surface area contributed by atoms with Gasteiger partial charge in [-0.05, 0) is 51.5 Å². The molecule has 0 aliphatic heterocycles. The maximum atomic E-state index is 11.7. The molecule has 140 valence electrons. The third kappa shape index (κ3) is 5.17. The van der Waals surface area contributed by atoms with Crippen molar-refractivity contribution in [1.82, 2.24) is 15.3 Å². The van der Waals surface area contributed by atoms with Crippen LogP contribution >= 0.6 is 0 Å². The lowest BCUT2D eigenvalue weighted by Crippen LogP contribution is -2.32. The number of nitrogens with one attached hydrogen (secondary N) is 2. The molecule has 1 heterocycles. The molecule has 0 aliphatic carbocycles. The highest BCUT2D eigenvalue weighted by molar-refractivity contribution is 5.82. The van der Waals surface area contributed by atoms with Crippen molar-refractivity contribution in [3.05, 3.63) is 59.8 Å². The van der Waals surface area contributed by atoms with E-state index < -0.39 is 11.7 Å². The van der Waals surface area contributed by atoms with Crippen LogP contribution in [0.4, 0.5) is 16.4 Å². The van der Waals surface area contributed by atoms with Crippen LogP contribution < -0.4 is 10.6 Å². The maximum Gasteiger partial charge on any atom is 0.407 e. The number of aromatic nitrogens is 2. The summed E-state index contributed by atoms with van der Waals surface area (Å²) in [6.45, 7) is 7.89. The van der Waals surface area contributed by atoms with Crippen LogP contribution in [0.5, 0.6) is 0 Å². The largest absolute Gasteiger partial charge is 0.444 e. The number of benzene rings is 2. The van der Waals surface area contributed by atoms with Gasteiger partial charge in [0.25, 0.3) is 0 Å². The Balaban J connectivity index is 1.63. The summed E-state index contributed by atoms with van der Waals surface area (Å²) in [5.41, 5.74) is 3.19. The Hall–Kier alpha value is -3.15. The van der Waals surface area contributed by atoms with E-state index in [2.05, 4.69) is 20.6 Å². The number of hydrogen-bond acceptors (Lipinski definition) is 5. The van der Waals surface area contributed by atoms with Crippen LogP contribution in [0.15, 0.2) is 48.5 Å². The minimum atomic E-state index is -0.504. The number of aryl methyl sites for hydroxylation is 1. The number of carbonyl (C=O) groups is 1. The summed E-state index contributed by atoms with van der Waals surface area (Å²) in [4.78, 5) is 20.8. The average molecular weight is 364 g/mol. The smallest absolute Gasteiger partial charge is 0.407 e. The molecular formula is C21H24N4O2. The zero-order valence-corrected chi connectivity index (χ0v) is 16.0. The molecule has 0 unspecified atom stereocenters. The van der Waals surface area contributed by atoms with Gasteiger partial charge in [-0.2, -0.15) is 0 Å². The van der Waals surface area contributed by atoms with Crippen LogP contribution in [0.1, 0.15) is 32.0 Å². The zero-order valence-electron chi connectivity index (χ0n) is 16.0. The highest BCUT2D eigenvalue weighted by Gasteiger charge is 2.15. The molecule has 0 fully saturated rings. The van der Waals surface area contributed by atoms with Gasteiger partial charge < -0.3 is 15.4 Å². The highest BCUT2D eigenvalue weighted by atomic mass is 16.6. The first-order valence-corrected chi connectivity index (χ1v) is 8.86. The average Bonchev–Trinajstić information content (AvgIpc) is 2.60. The Labute approximate surface area is 159 Å². The molecule has 0 aliphatic rings. The van der Waals surface area contributed by atoms with Crippen molar-refractivity contribution in [1.29, 1.82) is 0 Å². The zero-order chi connectivity index (χ0) is 19.4. The first kappa shape index (κ1) is 18.6. The Morgan fingerprint density at radius 3 is 2.44 bits per heavy atom. The molecule has 1 aromatic heterocycles. The van der Waals surface area contributed by atoms with Gasteiger partial charge in [0.1, 0.15) is 5.60 Å². The third-order valence-electron chi connectivity index (χ3n) is 3.84. The number of amides is 1. The van der Waals surface area contributed by atoms with Gasteiger partial charge in [-0.25, -0.2) is 14.8 Å². The van der Waals surface area contributed by atoms with Crippen LogP contribution in [-0.4, -0.2) is 21.7 Å². The topological polar surface area (TPSA) is 76.1 Å². The lowest BCUT2D eigenvalue weighted by Gasteiger charge is -2.19. The van der Waals surface area contributed by atoms with Crippen molar-refractivity contribution in [2.45, 2.75) is 39.8 Å². The third-order valence-corrected chi connectivity index (χ3v) is 3.84. The van der Waals surface area contributed by atoms with Gasteiger partial charge in [0.15, 0.2) is 0 Å². The first-order valence-electron chi connectivity index (χ1n) is 8.86. The lowest BCUT2D eigenvalue weighted by molar-refractivity contribution is 0.0523. The number of fused-ring (bicyclic) bond motifs is 1. The molecule has 1 amide bonds. The van der Waals surface area contributed by atoms with Gasteiger partial charge in [0, 0.05) is 17.6 Å². The second kappa shape index (κ2) is 7.61. The standard InChI is InChI=1S/C21H24N4O2/c1-14-17-7-5-6-8-18(17)25-19(23-14)24-16-11-9-15(10-12-16)13-22-20(26)27-21(2,3)4/h5-12H,13H2,1-4H3,(H,22,26)(H,23,24,25). The van der Waals surface area contributed by atoms with Gasteiger partial charge in [0.05, 0.1) is 11.2 Å². The number of nitrogens with zero attached hydrogens (tertiary/aromatic N) is 2. The molecule has 3 aromatic rings. The van der Waals surface area contributed by atoms with E-state index in [1.54, 1.807) is 0 Å². The molecule has 0 atom stereocenters. The number of ether oxygens (including phenoxy) is 1. The number of anilines is 2. The van der Waals surface area contributed by atoms with E-state index in [9.17, 15) is 4.79 Å². The predicted molar refractivity (Wildman–Crippen MR) is 107 cm³/mol. The highest BCUT2D eigenvalue weighted by Crippen LogP contribution is 2.19. The molecule has 6 heteroatoms. The Morgan fingerprint density at radius 2 is 1.74 bits per heavy atom. The van der Waals surface area contributed by atoms with Crippen LogP contribution in [0.25, 0.3) is 10.9 Å². The summed E-state index contributed by atoms with van der Waals surface area (Å²) in [6, 6.07) is 15.7. The van der Waals surface area contributed by atoms with E-state index in [0.717, 1.165) is 27.8 Å². The molecule has 27 heavy (non-hydrogen) atoms. The van der Waals surface area contributed by atoms with Crippen molar-refractivity contribution in [3.8, 4) is 0 Å². The fourth-order valence-electron chi connectivity index (χ4n) is 2.61.